The van der Waals surface area contributed by atoms with Crippen molar-refractivity contribution in [3.8, 4) is 0 Å². The summed E-state index contributed by atoms with van der Waals surface area (Å²) in [6.45, 7) is 0. The van der Waals surface area contributed by atoms with Crippen molar-refractivity contribution in [1.29, 1.82) is 0 Å². The van der Waals surface area contributed by atoms with Crippen molar-refractivity contribution in [1.82, 2.24) is 4.37 Å². The van der Waals surface area contributed by atoms with Gasteiger partial charge >= 0.3 is 0 Å². The average molecular weight is 242 g/mol. The number of hydrogen-bond acceptors (Lipinski definition) is 5. The van der Waals surface area contributed by atoms with Crippen LogP contribution in [0.25, 0.3) is 0 Å². The predicted octanol–water partition coefficient (Wildman–Crippen LogP) is 0.219. The Morgan fingerprint density at radius 1 is 1.54 bits per heavy atom. The summed E-state index contributed by atoms with van der Waals surface area (Å²) in [6.07, 6.45) is 0.898. The lowest BCUT2D eigenvalue weighted by Crippen LogP contribution is -2.11. The Bertz CT molecular complexity index is 497. The molecule has 0 unspecified atom stereocenters. The van der Waals surface area contributed by atoms with Gasteiger partial charge in [0.1, 0.15) is 5.56 Å². The van der Waals surface area contributed by atoms with Gasteiger partial charge in [0.15, 0.2) is 14.0 Å². The second-order valence-corrected chi connectivity index (χ2v) is 5.61. The number of aromatic amines is 1. The van der Waals surface area contributed by atoms with Crippen molar-refractivity contribution < 1.29 is 13.2 Å². The Morgan fingerprint density at radius 2 is 2.08 bits per heavy atom. The van der Waals surface area contributed by atoms with E-state index in [1.165, 1.54) is 0 Å². The molecule has 0 aliphatic heterocycles. The first kappa shape index (κ1) is 10.4. The molecule has 5 nitrogen and oxygen atoms in total. The van der Waals surface area contributed by atoms with Gasteiger partial charge < -0.3 is 0 Å². The van der Waals surface area contributed by atoms with E-state index in [1.54, 1.807) is 0 Å². The van der Waals surface area contributed by atoms with E-state index < -0.39 is 26.2 Å². The molecule has 72 valence electrons. The SMILES string of the molecule is CS(=O)(=O)c1s[nH]c(=O)c1C(=O)Cl. The number of aromatic nitrogens is 1. The lowest BCUT2D eigenvalue weighted by Gasteiger charge is -1.91. The highest BCUT2D eigenvalue weighted by atomic mass is 35.5. The van der Waals surface area contributed by atoms with Crippen LogP contribution in [-0.2, 0) is 9.84 Å². The van der Waals surface area contributed by atoms with Crippen molar-refractivity contribution in [2.24, 2.45) is 0 Å². The highest BCUT2D eigenvalue weighted by molar-refractivity contribution is 7.92. The molecule has 1 aromatic heterocycles. The Labute approximate surface area is 82.4 Å². The second kappa shape index (κ2) is 3.24. The van der Waals surface area contributed by atoms with Crippen LogP contribution >= 0.6 is 23.1 Å². The fourth-order valence-corrected chi connectivity index (χ4v) is 2.87. The van der Waals surface area contributed by atoms with Gasteiger partial charge in [-0.05, 0) is 23.1 Å². The number of sulfone groups is 1. The lowest BCUT2D eigenvalue weighted by atomic mass is 10.4. The molecule has 1 rings (SSSR count). The molecule has 0 aliphatic carbocycles. The summed E-state index contributed by atoms with van der Waals surface area (Å²) >= 11 is 5.63. The first-order chi connectivity index (χ1) is 5.84. The Kier molecular flexibility index (Phi) is 2.60. The zero-order chi connectivity index (χ0) is 10.2. The molecule has 8 heteroatoms. The van der Waals surface area contributed by atoms with Crippen molar-refractivity contribution in [2.45, 2.75) is 4.21 Å². The van der Waals surface area contributed by atoms with Gasteiger partial charge in [-0.1, -0.05) is 0 Å². The third kappa shape index (κ3) is 1.98. The second-order valence-electron chi connectivity index (χ2n) is 2.24. The van der Waals surface area contributed by atoms with Gasteiger partial charge in [-0.3, -0.25) is 14.0 Å². The maximum Gasteiger partial charge on any atom is 0.271 e. The molecule has 0 spiro atoms. The van der Waals surface area contributed by atoms with Gasteiger partial charge in [0.25, 0.3) is 10.8 Å². The maximum atomic E-state index is 11.0. The van der Waals surface area contributed by atoms with Crippen LogP contribution in [0, 0.1) is 0 Å². The molecule has 0 aromatic carbocycles. The molecule has 0 bridgehead atoms. The van der Waals surface area contributed by atoms with E-state index in [1.807, 2.05) is 0 Å². The van der Waals surface area contributed by atoms with E-state index in [4.69, 9.17) is 11.6 Å². The van der Waals surface area contributed by atoms with Gasteiger partial charge in [0.05, 0.1) is 0 Å². The Balaban J connectivity index is 3.59. The molecule has 0 radical (unpaired) electrons. The zero-order valence-corrected chi connectivity index (χ0v) is 8.72. The van der Waals surface area contributed by atoms with Crippen LogP contribution in [0.1, 0.15) is 10.4 Å². The average Bonchev–Trinajstić information content (AvgIpc) is 2.28. The van der Waals surface area contributed by atoms with Crippen LogP contribution in [0.2, 0.25) is 0 Å². The summed E-state index contributed by atoms with van der Waals surface area (Å²) in [6, 6.07) is 0. The highest BCUT2D eigenvalue weighted by Gasteiger charge is 2.23. The van der Waals surface area contributed by atoms with Gasteiger partial charge in [-0.15, -0.1) is 0 Å². The van der Waals surface area contributed by atoms with Crippen LogP contribution in [0.3, 0.4) is 0 Å². The van der Waals surface area contributed by atoms with E-state index in [-0.39, 0.29) is 4.21 Å². The van der Waals surface area contributed by atoms with Crippen LogP contribution in [0.5, 0.6) is 0 Å². The maximum absolute atomic E-state index is 11.0. The summed E-state index contributed by atoms with van der Waals surface area (Å²) < 4.78 is 23.8. The molecule has 0 fully saturated rings. The first-order valence-electron chi connectivity index (χ1n) is 2.95. The van der Waals surface area contributed by atoms with Crippen LogP contribution in [-0.4, -0.2) is 24.3 Å². The minimum Gasteiger partial charge on any atom is -0.276 e. The minimum atomic E-state index is -3.58. The third-order valence-electron chi connectivity index (χ3n) is 1.20. The largest absolute Gasteiger partial charge is 0.276 e. The molecule has 1 N–H and O–H groups in total. The van der Waals surface area contributed by atoms with Gasteiger partial charge in [0.2, 0.25) is 0 Å². The summed E-state index contributed by atoms with van der Waals surface area (Å²) in [4.78, 5) is 21.6. The molecule has 0 saturated heterocycles. The molecule has 0 atom stereocenters. The van der Waals surface area contributed by atoms with E-state index in [0.717, 1.165) is 6.26 Å². The van der Waals surface area contributed by atoms with Gasteiger partial charge in [-0.2, -0.15) is 0 Å². The Hall–Kier alpha value is -0.660. The lowest BCUT2D eigenvalue weighted by molar-refractivity contribution is 0.107. The van der Waals surface area contributed by atoms with Crippen molar-refractivity contribution in [3.05, 3.63) is 15.9 Å². The summed E-state index contributed by atoms with van der Waals surface area (Å²) in [5.41, 5.74) is -1.28. The van der Waals surface area contributed by atoms with E-state index in [2.05, 4.69) is 4.37 Å². The highest BCUT2D eigenvalue weighted by Crippen LogP contribution is 2.17. The quantitative estimate of drug-likeness (QED) is 0.751. The molecule has 0 amide bonds. The number of halogens is 1. The Morgan fingerprint density at radius 3 is 2.38 bits per heavy atom. The number of carbonyl (C=O) groups is 1. The topological polar surface area (TPSA) is 84.1 Å². The van der Waals surface area contributed by atoms with Crippen molar-refractivity contribution >= 4 is 38.2 Å². The smallest absolute Gasteiger partial charge is 0.271 e. The summed E-state index contributed by atoms with van der Waals surface area (Å²) in [5, 5.41) is -1.07. The molecule has 1 heterocycles. The van der Waals surface area contributed by atoms with Crippen LogP contribution in [0.15, 0.2) is 9.00 Å². The van der Waals surface area contributed by atoms with E-state index in [9.17, 15) is 18.0 Å². The normalized spacial score (nSPS) is 11.5. The predicted molar refractivity (Wildman–Crippen MR) is 48.2 cm³/mol. The number of H-pyrrole nitrogens is 1. The molecular weight excluding hydrogens is 238 g/mol. The zero-order valence-electron chi connectivity index (χ0n) is 6.33. The molecule has 0 saturated carbocycles. The monoisotopic (exact) mass is 241 g/mol. The van der Waals surface area contributed by atoms with Crippen LogP contribution < -0.4 is 5.56 Å². The van der Waals surface area contributed by atoms with Crippen molar-refractivity contribution in [3.63, 3.8) is 0 Å². The number of rotatable bonds is 2. The van der Waals surface area contributed by atoms with Crippen LogP contribution in [0.4, 0.5) is 0 Å². The molecular formula is C5H4ClNO4S2. The molecule has 0 aliphatic rings. The fourth-order valence-electron chi connectivity index (χ4n) is 0.718. The number of nitrogens with one attached hydrogen (secondary N) is 1. The third-order valence-corrected chi connectivity index (χ3v) is 4.10. The van der Waals surface area contributed by atoms with E-state index >= 15 is 0 Å². The van der Waals surface area contributed by atoms with Gasteiger partial charge in [-0.25, -0.2) is 8.42 Å². The molecule has 1 aromatic rings. The molecule has 13 heavy (non-hydrogen) atoms. The minimum absolute atomic E-state index is 0.322. The fraction of sp³-hybridized carbons (Fsp3) is 0.200. The standard InChI is InChI=1S/C5H4ClNO4S2/c1-13(10,11)5-2(3(6)8)4(9)7-12-5/h1H3,(H,7,9). The number of hydrogen-bond donors (Lipinski definition) is 1. The van der Waals surface area contributed by atoms with E-state index in [0.29, 0.717) is 11.5 Å². The first-order valence-corrected chi connectivity index (χ1v) is 6.04. The van der Waals surface area contributed by atoms with Gasteiger partial charge in [0, 0.05) is 6.26 Å². The number of carbonyl (C=O) groups excluding carboxylic acids is 1. The summed E-state index contributed by atoms with van der Waals surface area (Å²) in [5.74, 6) is 0. The summed E-state index contributed by atoms with van der Waals surface area (Å²) in [7, 11) is -3.58. The van der Waals surface area contributed by atoms with Crippen molar-refractivity contribution in [2.75, 3.05) is 6.26 Å².